The van der Waals surface area contributed by atoms with E-state index in [1.54, 1.807) is 18.3 Å². The summed E-state index contributed by atoms with van der Waals surface area (Å²) in [7, 11) is 0. The Morgan fingerprint density at radius 2 is 2.17 bits per heavy atom. The van der Waals surface area contributed by atoms with Crippen molar-refractivity contribution < 1.29 is 9.53 Å². The zero-order chi connectivity index (χ0) is 20.6. The van der Waals surface area contributed by atoms with Crippen molar-refractivity contribution >= 4 is 5.97 Å². The summed E-state index contributed by atoms with van der Waals surface area (Å²) in [5.74, 6) is 0.816. The highest BCUT2D eigenvalue weighted by Gasteiger charge is 2.48. The Morgan fingerprint density at radius 1 is 1.34 bits per heavy atom. The number of benzene rings is 1. The first-order chi connectivity index (χ1) is 13.9. The molecule has 1 aromatic heterocycles. The predicted molar refractivity (Wildman–Crippen MR) is 115 cm³/mol. The van der Waals surface area contributed by atoms with Crippen LogP contribution in [-0.2, 0) is 11.8 Å². The van der Waals surface area contributed by atoms with E-state index in [1.807, 2.05) is 6.07 Å². The van der Waals surface area contributed by atoms with E-state index in [0.29, 0.717) is 23.3 Å². The molecule has 2 aromatic rings. The maximum Gasteiger partial charge on any atom is 0.345 e. The molecule has 4 heteroatoms. The fourth-order valence-corrected chi connectivity index (χ4v) is 4.93. The van der Waals surface area contributed by atoms with Crippen molar-refractivity contribution in [2.45, 2.75) is 52.0 Å². The van der Waals surface area contributed by atoms with Crippen molar-refractivity contribution in [3.63, 3.8) is 0 Å². The summed E-state index contributed by atoms with van der Waals surface area (Å²) in [4.78, 5) is 19.1. The number of aromatic nitrogens is 1. The third-order valence-corrected chi connectivity index (χ3v) is 6.94. The Bertz CT molecular complexity index is 933. The van der Waals surface area contributed by atoms with E-state index in [4.69, 9.17) is 4.74 Å². The predicted octanol–water partition coefficient (Wildman–Crippen LogP) is 4.79. The number of fused-ring (bicyclic) bond motifs is 4. The first-order valence-corrected chi connectivity index (χ1v) is 10.5. The van der Waals surface area contributed by atoms with Crippen LogP contribution in [0, 0.1) is 5.92 Å². The van der Waals surface area contributed by atoms with Gasteiger partial charge in [0.2, 0.25) is 0 Å². The van der Waals surface area contributed by atoms with Crippen molar-refractivity contribution in [3.8, 4) is 5.75 Å². The number of pyridine rings is 1. The zero-order valence-electron chi connectivity index (χ0n) is 17.8. The highest BCUT2D eigenvalue weighted by molar-refractivity contribution is 5.90. The van der Waals surface area contributed by atoms with E-state index < -0.39 is 0 Å². The van der Waals surface area contributed by atoms with Crippen LogP contribution in [0.5, 0.6) is 5.75 Å². The number of hydrogen-bond donors (Lipinski definition) is 0. The summed E-state index contributed by atoms with van der Waals surface area (Å²) in [6.07, 6.45) is 7.70. The lowest BCUT2D eigenvalue weighted by atomic mass is 9.59. The normalized spacial score (nSPS) is 25.8. The number of carbonyl (C=O) groups excluding carboxylic acids is 1. The average molecular weight is 391 g/mol. The molecule has 2 bridgehead atoms. The number of hydrogen-bond acceptors (Lipinski definition) is 4. The molecule has 2 heterocycles. The van der Waals surface area contributed by atoms with Gasteiger partial charge in [0, 0.05) is 25.0 Å². The van der Waals surface area contributed by atoms with Crippen LogP contribution in [0.25, 0.3) is 0 Å². The Hall–Kier alpha value is -2.46. The largest absolute Gasteiger partial charge is 0.423 e. The molecule has 0 radical (unpaired) electrons. The molecule has 0 saturated carbocycles. The average Bonchev–Trinajstić information content (AvgIpc) is 2.71. The van der Waals surface area contributed by atoms with Gasteiger partial charge in [-0.2, -0.15) is 0 Å². The van der Waals surface area contributed by atoms with Crippen molar-refractivity contribution in [2.75, 3.05) is 13.1 Å². The first kappa shape index (κ1) is 19.8. The smallest absolute Gasteiger partial charge is 0.345 e. The molecule has 4 nitrogen and oxygen atoms in total. The lowest BCUT2D eigenvalue weighted by Crippen LogP contribution is -2.57. The van der Waals surface area contributed by atoms with Gasteiger partial charge in [0.15, 0.2) is 0 Å². The number of allylic oxidation sites excluding steroid dienone is 1. The number of nitrogens with zero attached hydrogens (tertiary/aromatic N) is 2. The van der Waals surface area contributed by atoms with Crippen LogP contribution < -0.4 is 4.74 Å². The molecule has 3 atom stereocenters. The second-order valence-corrected chi connectivity index (χ2v) is 8.95. The maximum absolute atomic E-state index is 12.4. The second kappa shape index (κ2) is 7.75. The summed E-state index contributed by atoms with van der Waals surface area (Å²) >= 11 is 0. The van der Waals surface area contributed by atoms with Crippen LogP contribution in [0.2, 0.25) is 0 Å². The molecule has 1 aliphatic heterocycles. The number of esters is 1. The van der Waals surface area contributed by atoms with E-state index in [1.165, 1.54) is 22.9 Å². The summed E-state index contributed by atoms with van der Waals surface area (Å²) in [5, 5.41) is 0. The third-order valence-electron chi connectivity index (χ3n) is 6.94. The standard InChI is InChI=1S/C25H30N2O2/c1-17(2)9-12-27-13-10-25(4)18(3)23(27)14-19-7-8-21(15-22(19)25)29-24(28)20-6-5-11-26-16-20/h5-9,11,15-16,18,23H,10,12-14H2,1-4H3. The Balaban J connectivity index is 1.59. The number of piperidine rings is 1. The fourth-order valence-electron chi connectivity index (χ4n) is 4.93. The van der Waals surface area contributed by atoms with E-state index in [0.717, 1.165) is 25.9 Å². The van der Waals surface area contributed by atoms with Gasteiger partial charge < -0.3 is 4.74 Å². The van der Waals surface area contributed by atoms with Gasteiger partial charge in [-0.15, -0.1) is 0 Å². The molecule has 1 aromatic carbocycles. The first-order valence-electron chi connectivity index (χ1n) is 10.5. The summed E-state index contributed by atoms with van der Waals surface area (Å²) in [6.45, 7) is 11.2. The van der Waals surface area contributed by atoms with Gasteiger partial charge in [0.05, 0.1) is 5.56 Å². The Kier molecular flexibility index (Phi) is 5.30. The summed E-state index contributed by atoms with van der Waals surface area (Å²) < 4.78 is 5.67. The van der Waals surface area contributed by atoms with Crippen LogP contribution in [-0.4, -0.2) is 35.0 Å². The number of likely N-dealkylation sites (tertiary alicyclic amines) is 1. The summed E-state index contributed by atoms with van der Waals surface area (Å²) in [6, 6.07) is 10.2. The molecule has 152 valence electrons. The molecule has 2 aliphatic rings. The zero-order valence-corrected chi connectivity index (χ0v) is 17.8. The Labute approximate surface area is 173 Å². The van der Waals surface area contributed by atoms with E-state index in [2.05, 4.69) is 55.8 Å². The fraction of sp³-hybridized carbons (Fsp3) is 0.440. The van der Waals surface area contributed by atoms with Gasteiger partial charge in [-0.1, -0.05) is 31.6 Å². The van der Waals surface area contributed by atoms with Crippen LogP contribution >= 0.6 is 0 Å². The third kappa shape index (κ3) is 3.74. The van der Waals surface area contributed by atoms with Crippen LogP contribution in [0.1, 0.15) is 55.6 Å². The molecule has 4 rings (SSSR count). The van der Waals surface area contributed by atoms with E-state index in [-0.39, 0.29) is 11.4 Å². The minimum absolute atomic E-state index is 0.108. The SMILES string of the molecule is CC(C)=CCN1CCC2(C)c3cc(OC(=O)c4cccnc4)ccc3CC1C2C. The van der Waals surface area contributed by atoms with Crippen LogP contribution in [0.3, 0.4) is 0 Å². The number of carbonyl (C=O) groups is 1. The van der Waals surface area contributed by atoms with E-state index >= 15 is 0 Å². The minimum Gasteiger partial charge on any atom is -0.423 e. The molecule has 3 unspecified atom stereocenters. The van der Waals surface area contributed by atoms with Crippen molar-refractivity contribution in [3.05, 3.63) is 71.1 Å². The number of rotatable bonds is 4. The van der Waals surface area contributed by atoms with Gasteiger partial charge in [-0.05, 0) is 80.0 Å². The van der Waals surface area contributed by atoms with E-state index in [9.17, 15) is 4.79 Å². The molecule has 0 amide bonds. The van der Waals surface area contributed by atoms with Gasteiger partial charge in [-0.3, -0.25) is 9.88 Å². The van der Waals surface area contributed by atoms with Crippen LogP contribution in [0.4, 0.5) is 0 Å². The maximum atomic E-state index is 12.4. The molecule has 0 spiro atoms. The number of ether oxygens (including phenoxy) is 1. The van der Waals surface area contributed by atoms with Crippen molar-refractivity contribution in [2.24, 2.45) is 5.92 Å². The molecular formula is C25H30N2O2. The van der Waals surface area contributed by atoms with Crippen LogP contribution in [0.15, 0.2) is 54.4 Å². The molecule has 1 fully saturated rings. The lowest BCUT2D eigenvalue weighted by Gasteiger charge is -2.54. The molecule has 0 N–H and O–H groups in total. The van der Waals surface area contributed by atoms with Gasteiger partial charge >= 0.3 is 5.97 Å². The second-order valence-electron chi connectivity index (χ2n) is 8.95. The topological polar surface area (TPSA) is 42.4 Å². The van der Waals surface area contributed by atoms with Gasteiger partial charge in [0.25, 0.3) is 0 Å². The Morgan fingerprint density at radius 3 is 2.90 bits per heavy atom. The van der Waals surface area contributed by atoms with Gasteiger partial charge in [-0.25, -0.2) is 4.79 Å². The van der Waals surface area contributed by atoms with Gasteiger partial charge in [0.1, 0.15) is 5.75 Å². The summed E-state index contributed by atoms with van der Waals surface area (Å²) in [5.41, 5.74) is 4.69. The monoisotopic (exact) mass is 390 g/mol. The highest BCUT2D eigenvalue weighted by Crippen LogP contribution is 2.49. The minimum atomic E-state index is -0.360. The lowest BCUT2D eigenvalue weighted by molar-refractivity contribution is 0.0395. The quantitative estimate of drug-likeness (QED) is 0.428. The molecule has 1 saturated heterocycles. The molecule has 1 aliphatic carbocycles. The van der Waals surface area contributed by atoms with Crippen molar-refractivity contribution in [1.29, 1.82) is 0 Å². The van der Waals surface area contributed by atoms with Crippen molar-refractivity contribution in [1.82, 2.24) is 9.88 Å². The molecular weight excluding hydrogens is 360 g/mol. The molecule has 29 heavy (non-hydrogen) atoms. The highest BCUT2D eigenvalue weighted by atomic mass is 16.5.